The van der Waals surface area contributed by atoms with Crippen LogP contribution in [-0.2, 0) is 21.4 Å². The van der Waals surface area contributed by atoms with E-state index in [1.165, 1.54) is 12.1 Å². The van der Waals surface area contributed by atoms with Crippen LogP contribution in [0.15, 0.2) is 71.1 Å². The van der Waals surface area contributed by atoms with Gasteiger partial charge in [0.2, 0.25) is 0 Å². The molecule has 0 atom stereocenters. The minimum Gasteiger partial charge on any atom is -0.267 e. The molecule has 0 N–H and O–H groups in total. The first-order valence-electron chi connectivity index (χ1n) is 6.84. The first-order valence-corrected chi connectivity index (χ1v) is 8.66. The van der Waals surface area contributed by atoms with Crippen LogP contribution in [-0.4, -0.2) is 18.6 Å². The van der Waals surface area contributed by atoms with Gasteiger partial charge in [0.1, 0.15) is 0 Å². The molecule has 23 heavy (non-hydrogen) atoms. The monoisotopic (exact) mass is 349 g/mol. The number of hydrogen-bond acceptors (Lipinski definition) is 3. The molecule has 0 aromatic heterocycles. The van der Waals surface area contributed by atoms with Crippen LogP contribution in [0.25, 0.3) is 0 Å². The highest BCUT2D eigenvalue weighted by Gasteiger charge is 2.30. The first kappa shape index (κ1) is 17.2. The molecule has 2 rings (SSSR count). The summed E-state index contributed by atoms with van der Waals surface area (Å²) in [6, 6.07) is 15.1. The molecule has 0 heterocycles. The van der Waals surface area contributed by atoms with E-state index in [0.29, 0.717) is 5.56 Å². The topological polar surface area (TPSA) is 54.5 Å². The normalized spacial score (nSPS) is 11.0. The molecule has 0 saturated heterocycles. The molecule has 0 aliphatic rings. The lowest BCUT2D eigenvalue weighted by Gasteiger charge is -2.22. The molecule has 6 heteroatoms. The Bertz CT molecular complexity index is 815. The van der Waals surface area contributed by atoms with E-state index in [-0.39, 0.29) is 16.5 Å². The summed E-state index contributed by atoms with van der Waals surface area (Å²) >= 11 is 5.66. The van der Waals surface area contributed by atoms with Gasteiger partial charge in [-0.1, -0.05) is 66.2 Å². The molecular weight excluding hydrogens is 334 g/mol. The third kappa shape index (κ3) is 4.00. The van der Waals surface area contributed by atoms with Gasteiger partial charge in [-0.3, -0.25) is 4.79 Å². The Morgan fingerprint density at radius 2 is 1.65 bits per heavy atom. The van der Waals surface area contributed by atoms with Gasteiger partial charge in [-0.05, 0) is 24.6 Å². The maximum Gasteiger partial charge on any atom is 0.278 e. The lowest BCUT2D eigenvalue weighted by molar-refractivity contribution is -0.122. The van der Waals surface area contributed by atoms with E-state index < -0.39 is 15.9 Å². The van der Waals surface area contributed by atoms with E-state index in [4.69, 9.17) is 11.6 Å². The molecule has 0 radical (unpaired) electrons. The highest BCUT2D eigenvalue weighted by Crippen LogP contribution is 2.21. The summed E-state index contributed by atoms with van der Waals surface area (Å²) < 4.78 is 26.3. The van der Waals surface area contributed by atoms with Crippen LogP contribution in [0, 0.1) is 6.92 Å². The van der Waals surface area contributed by atoms with Crippen molar-refractivity contribution in [2.45, 2.75) is 18.4 Å². The Morgan fingerprint density at radius 1 is 1.09 bits per heavy atom. The van der Waals surface area contributed by atoms with Gasteiger partial charge in [-0.2, -0.15) is 0 Å². The van der Waals surface area contributed by atoms with Crippen molar-refractivity contribution >= 4 is 27.5 Å². The number of hydrogen-bond donors (Lipinski definition) is 0. The number of carbonyl (C=O) groups excluding carboxylic acids is 1. The lowest BCUT2D eigenvalue weighted by Crippen LogP contribution is -2.36. The van der Waals surface area contributed by atoms with Crippen LogP contribution in [0.4, 0.5) is 0 Å². The van der Waals surface area contributed by atoms with Crippen molar-refractivity contribution in [2.24, 2.45) is 0 Å². The summed E-state index contributed by atoms with van der Waals surface area (Å²) in [5, 5.41) is -0.350. The molecule has 2 aromatic carbocycles. The van der Waals surface area contributed by atoms with Crippen LogP contribution in [0.3, 0.4) is 0 Å². The maximum absolute atomic E-state index is 12.8. The second-order valence-corrected chi connectivity index (χ2v) is 7.34. The minimum atomic E-state index is -4.02. The van der Waals surface area contributed by atoms with Crippen molar-refractivity contribution in [2.75, 3.05) is 0 Å². The van der Waals surface area contributed by atoms with Crippen molar-refractivity contribution in [1.29, 1.82) is 0 Å². The Labute approximate surface area is 141 Å². The first-order chi connectivity index (χ1) is 10.8. The molecule has 1 amide bonds. The average molecular weight is 350 g/mol. The number of benzene rings is 2. The van der Waals surface area contributed by atoms with Crippen molar-refractivity contribution in [3.63, 3.8) is 0 Å². The van der Waals surface area contributed by atoms with E-state index in [2.05, 4.69) is 6.58 Å². The number of halogens is 1. The van der Waals surface area contributed by atoms with Gasteiger partial charge in [-0.25, -0.2) is 12.7 Å². The molecule has 0 spiro atoms. The van der Waals surface area contributed by atoms with Crippen molar-refractivity contribution in [1.82, 2.24) is 4.31 Å². The molecule has 0 fully saturated rings. The molecule has 0 bridgehead atoms. The fourth-order valence-corrected chi connectivity index (χ4v) is 3.52. The summed E-state index contributed by atoms with van der Waals surface area (Å²) in [4.78, 5) is 12.3. The van der Waals surface area contributed by atoms with Crippen LogP contribution in [0.5, 0.6) is 0 Å². The summed E-state index contributed by atoms with van der Waals surface area (Å²) in [6.07, 6.45) is 0. The standard InChI is InChI=1S/C17H16ClNO3S/c1-13-8-10-16(11-9-13)23(21,22)19(17(20)14(2)18)12-15-6-4-3-5-7-15/h3-11H,2,12H2,1H3. The van der Waals surface area contributed by atoms with E-state index in [0.717, 1.165) is 9.87 Å². The van der Waals surface area contributed by atoms with Crippen molar-refractivity contribution in [3.05, 3.63) is 77.3 Å². The molecule has 4 nitrogen and oxygen atoms in total. The molecule has 0 aliphatic heterocycles. The zero-order chi connectivity index (χ0) is 17.0. The van der Waals surface area contributed by atoms with E-state index >= 15 is 0 Å². The minimum absolute atomic E-state index is 0.0327. The Kier molecular flexibility index (Phi) is 5.23. The quantitative estimate of drug-likeness (QED) is 0.777. The fraction of sp³-hybridized carbons (Fsp3) is 0.118. The van der Waals surface area contributed by atoms with Gasteiger partial charge in [0, 0.05) is 0 Å². The second-order valence-electron chi connectivity index (χ2n) is 5.02. The summed E-state index contributed by atoms with van der Waals surface area (Å²) in [5.74, 6) is -0.837. The van der Waals surface area contributed by atoms with Gasteiger partial charge in [0.25, 0.3) is 15.9 Å². The third-order valence-corrected chi connectivity index (χ3v) is 5.14. The number of sulfonamides is 1. The highest BCUT2D eigenvalue weighted by molar-refractivity contribution is 7.89. The number of rotatable bonds is 5. The van der Waals surface area contributed by atoms with Crippen LogP contribution >= 0.6 is 11.6 Å². The summed E-state index contributed by atoms with van der Waals surface area (Å²) in [5.41, 5.74) is 1.60. The molecule has 0 aliphatic carbocycles. The summed E-state index contributed by atoms with van der Waals surface area (Å²) in [6.45, 7) is 5.09. The summed E-state index contributed by atoms with van der Waals surface area (Å²) in [7, 11) is -4.02. The second kappa shape index (κ2) is 6.98. The van der Waals surface area contributed by atoms with Crippen molar-refractivity contribution < 1.29 is 13.2 Å². The third-order valence-electron chi connectivity index (χ3n) is 3.24. The number of nitrogens with zero attached hydrogens (tertiary/aromatic N) is 1. The zero-order valence-corrected chi connectivity index (χ0v) is 14.1. The molecule has 0 unspecified atom stereocenters. The highest BCUT2D eigenvalue weighted by atomic mass is 35.5. The molecule has 0 saturated carbocycles. The Hall–Kier alpha value is -2.11. The number of carbonyl (C=O) groups is 1. The predicted molar refractivity (Wildman–Crippen MR) is 90.3 cm³/mol. The Morgan fingerprint density at radius 3 is 2.17 bits per heavy atom. The van der Waals surface area contributed by atoms with Gasteiger partial charge in [-0.15, -0.1) is 0 Å². The van der Waals surface area contributed by atoms with Gasteiger partial charge < -0.3 is 0 Å². The predicted octanol–water partition coefficient (Wildman–Crippen LogP) is 3.47. The molecule has 120 valence electrons. The SMILES string of the molecule is C=C(Cl)C(=O)N(Cc1ccccc1)S(=O)(=O)c1ccc(C)cc1. The van der Waals surface area contributed by atoms with Crippen LogP contribution < -0.4 is 0 Å². The molecule has 2 aromatic rings. The van der Waals surface area contributed by atoms with Gasteiger partial charge >= 0.3 is 0 Å². The number of aryl methyl sites for hydroxylation is 1. The van der Waals surface area contributed by atoms with Crippen LogP contribution in [0.2, 0.25) is 0 Å². The van der Waals surface area contributed by atoms with Crippen LogP contribution in [0.1, 0.15) is 11.1 Å². The van der Waals surface area contributed by atoms with Gasteiger partial charge in [0.05, 0.1) is 16.5 Å². The lowest BCUT2D eigenvalue weighted by atomic mass is 10.2. The fourth-order valence-electron chi connectivity index (χ4n) is 1.99. The van der Waals surface area contributed by atoms with E-state index in [9.17, 15) is 13.2 Å². The maximum atomic E-state index is 12.8. The molecular formula is C17H16ClNO3S. The van der Waals surface area contributed by atoms with Gasteiger partial charge in [0.15, 0.2) is 0 Å². The Balaban J connectivity index is 2.46. The largest absolute Gasteiger partial charge is 0.278 e. The van der Waals surface area contributed by atoms with E-state index in [1.807, 2.05) is 13.0 Å². The number of amides is 1. The average Bonchev–Trinajstić information content (AvgIpc) is 2.53. The van der Waals surface area contributed by atoms with E-state index in [1.54, 1.807) is 36.4 Å². The zero-order valence-electron chi connectivity index (χ0n) is 12.6. The smallest absolute Gasteiger partial charge is 0.267 e. The van der Waals surface area contributed by atoms with Crippen molar-refractivity contribution in [3.8, 4) is 0 Å².